The second kappa shape index (κ2) is 5.50. The zero-order valence-corrected chi connectivity index (χ0v) is 13.9. The van der Waals surface area contributed by atoms with Crippen molar-refractivity contribution in [1.82, 2.24) is 9.88 Å². The van der Waals surface area contributed by atoms with Crippen LogP contribution in [-0.2, 0) is 0 Å². The lowest BCUT2D eigenvalue weighted by Gasteiger charge is -2.22. The van der Waals surface area contributed by atoms with Crippen LogP contribution in [0.25, 0.3) is 10.2 Å². The first kappa shape index (κ1) is 14.7. The van der Waals surface area contributed by atoms with Crippen molar-refractivity contribution in [3.63, 3.8) is 0 Å². The molecular formula is C15H19N3OS2. The minimum Gasteiger partial charge on any atom is -0.375 e. The van der Waals surface area contributed by atoms with Gasteiger partial charge in [-0.05, 0) is 24.6 Å². The number of aromatic nitrogens is 1. The SMILES string of the molecule is CC1(C)CCN(C(=O)c2ccc3nc(N)sc3c2)CCS1. The van der Waals surface area contributed by atoms with Gasteiger partial charge in [-0.25, -0.2) is 4.98 Å². The maximum Gasteiger partial charge on any atom is 0.253 e. The maximum atomic E-state index is 12.7. The van der Waals surface area contributed by atoms with Gasteiger partial charge in [0.05, 0.1) is 10.2 Å². The Morgan fingerprint density at radius 2 is 2.19 bits per heavy atom. The molecule has 112 valence electrons. The molecule has 0 unspecified atom stereocenters. The van der Waals surface area contributed by atoms with Crippen LogP contribution in [0.2, 0.25) is 0 Å². The number of nitrogens with two attached hydrogens (primary N) is 1. The molecule has 0 saturated carbocycles. The van der Waals surface area contributed by atoms with Crippen LogP contribution in [0.15, 0.2) is 18.2 Å². The zero-order chi connectivity index (χ0) is 15.0. The summed E-state index contributed by atoms with van der Waals surface area (Å²) in [5.74, 6) is 1.11. The first-order valence-corrected chi connectivity index (χ1v) is 8.84. The van der Waals surface area contributed by atoms with Crippen LogP contribution in [0.4, 0.5) is 5.13 Å². The van der Waals surface area contributed by atoms with Crippen molar-refractivity contribution in [2.75, 3.05) is 24.6 Å². The second-order valence-electron chi connectivity index (χ2n) is 5.88. The van der Waals surface area contributed by atoms with Gasteiger partial charge in [-0.1, -0.05) is 25.2 Å². The monoisotopic (exact) mass is 321 g/mol. The summed E-state index contributed by atoms with van der Waals surface area (Å²) < 4.78 is 1.23. The Morgan fingerprint density at radius 3 is 3.00 bits per heavy atom. The predicted molar refractivity (Wildman–Crippen MR) is 91.1 cm³/mol. The molecule has 4 nitrogen and oxygen atoms in total. The number of fused-ring (bicyclic) bond motifs is 1. The summed E-state index contributed by atoms with van der Waals surface area (Å²) in [6, 6.07) is 5.65. The standard InChI is InChI=1S/C15H19N3OS2/c1-15(2)5-6-18(7-8-20-15)13(19)10-3-4-11-12(9-10)21-14(16)17-11/h3-4,9H,5-8H2,1-2H3,(H2,16,17). The van der Waals surface area contributed by atoms with E-state index < -0.39 is 0 Å². The molecule has 0 bridgehead atoms. The molecule has 2 N–H and O–H groups in total. The normalized spacial score (nSPS) is 18.7. The van der Waals surface area contributed by atoms with Crippen LogP contribution in [-0.4, -0.2) is 39.4 Å². The molecule has 6 heteroatoms. The summed E-state index contributed by atoms with van der Waals surface area (Å²) in [4.78, 5) is 18.9. The number of thiazole rings is 1. The summed E-state index contributed by atoms with van der Waals surface area (Å²) in [5.41, 5.74) is 7.31. The molecule has 1 aromatic carbocycles. The topological polar surface area (TPSA) is 59.2 Å². The summed E-state index contributed by atoms with van der Waals surface area (Å²) in [7, 11) is 0. The molecule has 1 amide bonds. The molecule has 2 aromatic rings. The van der Waals surface area contributed by atoms with Crippen LogP contribution < -0.4 is 5.73 Å². The van der Waals surface area contributed by atoms with E-state index in [0.29, 0.717) is 5.13 Å². The van der Waals surface area contributed by atoms with Crippen molar-refractivity contribution < 1.29 is 4.79 Å². The number of rotatable bonds is 1. The minimum absolute atomic E-state index is 0.113. The number of benzene rings is 1. The number of anilines is 1. The Labute approximate surface area is 132 Å². The lowest BCUT2D eigenvalue weighted by Crippen LogP contribution is -2.33. The van der Waals surface area contributed by atoms with E-state index in [1.54, 1.807) is 0 Å². The molecular weight excluding hydrogens is 302 g/mol. The highest BCUT2D eigenvalue weighted by molar-refractivity contribution is 8.00. The van der Waals surface area contributed by atoms with E-state index in [1.807, 2.05) is 34.9 Å². The van der Waals surface area contributed by atoms with E-state index in [-0.39, 0.29) is 10.7 Å². The average molecular weight is 321 g/mol. The number of carbonyl (C=O) groups excluding carboxylic acids is 1. The molecule has 1 saturated heterocycles. The van der Waals surface area contributed by atoms with Crippen molar-refractivity contribution in [1.29, 1.82) is 0 Å². The van der Waals surface area contributed by atoms with E-state index in [1.165, 1.54) is 11.3 Å². The molecule has 0 aliphatic carbocycles. The second-order valence-corrected chi connectivity index (χ2v) is 8.75. The number of thioether (sulfide) groups is 1. The zero-order valence-electron chi connectivity index (χ0n) is 12.3. The van der Waals surface area contributed by atoms with Gasteiger partial charge >= 0.3 is 0 Å². The van der Waals surface area contributed by atoms with Gasteiger partial charge in [0, 0.05) is 29.2 Å². The fraction of sp³-hybridized carbons (Fsp3) is 0.467. The Morgan fingerprint density at radius 1 is 1.38 bits per heavy atom. The molecule has 0 radical (unpaired) electrons. The van der Waals surface area contributed by atoms with Crippen molar-refractivity contribution in [2.45, 2.75) is 25.0 Å². The van der Waals surface area contributed by atoms with Gasteiger partial charge in [-0.3, -0.25) is 4.79 Å². The third-order valence-corrected chi connectivity index (χ3v) is 6.00. The molecule has 3 rings (SSSR count). The smallest absolute Gasteiger partial charge is 0.253 e. The molecule has 1 aliphatic heterocycles. The predicted octanol–water partition coefficient (Wildman–Crippen LogP) is 3.24. The summed E-state index contributed by atoms with van der Waals surface area (Å²) in [6.45, 7) is 6.13. The van der Waals surface area contributed by atoms with Gasteiger partial charge in [0.15, 0.2) is 5.13 Å². The molecule has 1 fully saturated rings. The van der Waals surface area contributed by atoms with E-state index in [9.17, 15) is 4.79 Å². The number of nitrogens with zero attached hydrogens (tertiary/aromatic N) is 2. The van der Waals surface area contributed by atoms with Crippen LogP contribution >= 0.6 is 23.1 Å². The van der Waals surface area contributed by atoms with E-state index in [0.717, 1.165) is 41.0 Å². The number of hydrogen-bond donors (Lipinski definition) is 1. The van der Waals surface area contributed by atoms with E-state index in [4.69, 9.17) is 5.73 Å². The average Bonchev–Trinajstić information content (AvgIpc) is 2.70. The van der Waals surface area contributed by atoms with Crippen molar-refractivity contribution in [3.05, 3.63) is 23.8 Å². The Bertz CT molecular complexity index is 681. The Balaban J connectivity index is 1.82. The molecule has 0 atom stereocenters. The number of hydrogen-bond acceptors (Lipinski definition) is 5. The molecule has 1 aromatic heterocycles. The quantitative estimate of drug-likeness (QED) is 0.876. The lowest BCUT2D eigenvalue weighted by molar-refractivity contribution is 0.0765. The molecule has 0 spiro atoms. The summed E-state index contributed by atoms with van der Waals surface area (Å²) in [5, 5.41) is 0.544. The van der Waals surface area contributed by atoms with E-state index in [2.05, 4.69) is 18.8 Å². The fourth-order valence-corrected chi connectivity index (χ4v) is 4.35. The van der Waals surface area contributed by atoms with Crippen molar-refractivity contribution in [2.24, 2.45) is 0 Å². The first-order valence-electron chi connectivity index (χ1n) is 7.04. The fourth-order valence-electron chi connectivity index (χ4n) is 2.48. The van der Waals surface area contributed by atoms with Gasteiger partial charge < -0.3 is 10.6 Å². The molecule has 1 aliphatic rings. The highest BCUT2D eigenvalue weighted by Gasteiger charge is 2.26. The number of nitrogen functional groups attached to an aromatic ring is 1. The highest BCUT2D eigenvalue weighted by atomic mass is 32.2. The van der Waals surface area contributed by atoms with E-state index >= 15 is 0 Å². The Kier molecular flexibility index (Phi) is 3.84. The van der Waals surface area contributed by atoms with Crippen LogP contribution in [0.3, 0.4) is 0 Å². The molecule has 21 heavy (non-hydrogen) atoms. The number of carbonyl (C=O) groups is 1. The summed E-state index contributed by atoms with van der Waals surface area (Å²) >= 11 is 3.37. The highest BCUT2D eigenvalue weighted by Crippen LogP contribution is 2.31. The van der Waals surface area contributed by atoms with Gasteiger partial charge in [-0.15, -0.1) is 0 Å². The van der Waals surface area contributed by atoms with Crippen molar-refractivity contribution >= 4 is 44.4 Å². The largest absolute Gasteiger partial charge is 0.375 e. The molecule has 2 heterocycles. The summed E-state index contributed by atoms with van der Waals surface area (Å²) in [6.07, 6.45) is 1.03. The van der Waals surface area contributed by atoms with Crippen molar-refractivity contribution in [3.8, 4) is 0 Å². The Hall–Kier alpha value is -1.27. The van der Waals surface area contributed by atoms with Crippen LogP contribution in [0, 0.1) is 0 Å². The first-order chi connectivity index (χ1) is 9.94. The van der Waals surface area contributed by atoms with Gasteiger partial charge in [-0.2, -0.15) is 11.8 Å². The van der Waals surface area contributed by atoms with Gasteiger partial charge in [0.25, 0.3) is 5.91 Å². The third kappa shape index (κ3) is 3.16. The maximum absolute atomic E-state index is 12.7. The number of amides is 1. The van der Waals surface area contributed by atoms with Gasteiger partial charge in [0.1, 0.15) is 0 Å². The van der Waals surface area contributed by atoms with Gasteiger partial charge in [0.2, 0.25) is 0 Å². The lowest BCUT2D eigenvalue weighted by atomic mass is 10.1. The van der Waals surface area contributed by atoms with Crippen LogP contribution in [0.1, 0.15) is 30.6 Å². The van der Waals surface area contributed by atoms with Crippen LogP contribution in [0.5, 0.6) is 0 Å². The minimum atomic E-state index is 0.113. The third-order valence-electron chi connectivity index (χ3n) is 3.78.